The Morgan fingerprint density at radius 1 is 1.26 bits per heavy atom. The molecule has 2 fully saturated rings. The van der Waals surface area contributed by atoms with Gasteiger partial charge in [-0.3, -0.25) is 25.6 Å². The molecular weight excluding hydrogens is 465 g/mol. The minimum absolute atomic E-state index is 0.0846. The Hall–Kier alpha value is -2.24. The fourth-order valence-corrected chi connectivity index (χ4v) is 5.14. The van der Waals surface area contributed by atoms with Crippen molar-refractivity contribution in [2.24, 2.45) is 11.8 Å². The predicted molar refractivity (Wildman–Crippen MR) is 127 cm³/mol. The van der Waals surface area contributed by atoms with Gasteiger partial charge < -0.3 is 9.80 Å². The van der Waals surface area contributed by atoms with Crippen molar-refractivity contribution < 1.29 is 19.2 Å². The summed E-state index contributed by atoms with van der Waals surface area (Å²) in [5, 5.41) is 9.97. The summed E-state index contributed by atoms with van der Waals surface area (Å²) in [5.41, 5.74) is 5.04. The van der Waals surface area contributed by atoms with Gasteiger partial charge in [0.15, 0.2) is 11.6 Å². The number of hydrogen-bond donors (Lipinski definition) is 3. The van der Waals surface area contributed by atoms with Gasteiger partial charge in [0, 0.05) is 19.1 Å². The average Bonchev–Trinajstić information content (AvgIpc) is 3.32. The second-order valence-corrected chi connectivity index (χ2v) is 9.85. The van der Waals surface area contributed by atoms with Crippen LogP contribution in [-0.2, 0) is 9.59 Å². The lowest BCUT2D eigenvalue weighted by molar-refractivity contribution is -0.154. The van der Waals surface area contributed by atoms with Crippen molar-refractivity contribution in [1.82, 2.24) is 25.4 Å². The maximum atomic E-state index is 15.4. The Kier molecular flexibility index (Phi) is 9.66. The summed E-state index contributed by atoms with van der Waals surface area (Å²) in [7, 11) is 3.94. The van der Waals surface area contributed by atoms with Gasteiger partial charge in [0.05, 0.1) is 12.5 Å². The van der Waals surface area contributed by atoms with Crippen molar-refractivity contribution in [3.63, 3.8) is 0 Å². The number of rotatable bonds is 11. The molecule has 3 rings (SSSR count). The lowest BCUT2D eigenvalue weighted by Crippen LogP contribution is -2.46. The number of anilines is 2. The molecule has 2 atom stereocenters. The van der Waals surface area contributed by atoms with E-state index < -0.39 is 17.6 Å². The lowest BCUT2D eigenvalue weighted by atomic mass is 9.92. The molecule has 0 radical (unpaired) electrons. The summed E-state index contributed by atoms with van der Waals surface area (Å²) in [6, 6.07) is 0.0846. The number of amides is 2. The van der Waals surface area contributed by atoms with Gasteiger partial charge in [-0.2, -0.15) is 14.4 Å². The molecule has 0 spiro atoms. The first-order valence-electron chi connectivity index (χ1n) is 11.9. The van der Waals surface area contributed by atoms with Gasteiger partial charge in [0.2, 0.25) is 23.4 Å². The third-order valence-corrected chi connectivity index (χ3v) is 6.75. The molecule has 2 heterocycles. The van der Waals surface area contributed by atoms with Crippen molar-refractivity contribution in [2.45, 2.75) is 57.4 Å². The zero-order chi connectivity index (χ0) is 24.7. The summed E-state index contributed by atoms with van der Waals surface area (Å²) in [6.07, 6.45) is 7.90. The monoisotopic (exact) mass is 499 g/mol. The number of piperidine rings is 1. The third kappa shape index (κ3) is 7.13. The second kappa shape index (κ2) is 12.5. The zero-order valence-corrected chi connectivity index (χ0v) is 20.6. The second-order valence-electron chi connectivity index (χ2n) is 9.51. The van der Waals surface area contributed by atoms with Crippen LogP contribution >= 0.6 is 11.6 Å². The van der Waals surface area contributed by atoms with E-state index >= 15 is 4.39 Å². The first kappa shape index (κ1) is 26.4. The molecular formula is C22H35ClFN7O3. The van der Waals surface area contributed by atoms with Crippen LogP contribution in [0.5, 0.6) is 0 Å². The number of hydrazine groups is 1. The van der Waals surface area contributed by atoms with E-state index in [0.717, 1.165) is 51.5 Å². The summed E-state index contributed by atoms with van der Waals surface area (Å²) in [5.74, 6) is -1.59. The molecule has 1 saturated heterocycles. The van der Waals surface area contributed by atoms with Crippen LogP contribution in [0.1, 0.15) is 51.4 Å². The Balaban J connectivity index is 1.73. The molecule has 0 aromatic carbocycles. The molecule has 3 N–H and O–H groups in total. The van der Waals surface area contributed by atoms with E-state index in [2.05, 4.69) is 25.7 Å². The number of nitrogens with one attached hydrogen (secondary N) is 2. The van der Waals surface area contributed by atoms with Crippen molar-refractivity contribution >= 4 is 35.6 Å². The number of nitrogens with zero attached hydrogens (tertiary/aromatic N) is 5. The Bertz CT molecular complexity index is 841. The number of halogens is 2. The number of aromatic nitrogens is 2. The van der Waals surface area contributed by atoms with Crippen molar-refractivity contribution in [3.05, 3.63) is 11.1 Å². The van der Waals surface area contributed by atoms with Crippen LogP contribution in [0.4, 0.5) is 16.0 Å². The first-order valence-corrected chi connectivity index (χ1v) is 12.3. The molecule has 10 nitrogen and oxygen atoms in total. The van der Waals surface area contributed by atoms with E-state index in [0.29, 0.717) is 23.9 Å². The molecule has 34 heavy (non-hydrogen) atoms. The molecule has 0 unspecified atom stereocenters. The lowest BCUT2D eigenvalue weighted by Gasteiger charge is -2.38. The molecule has 1 aliphatic carbocycles. The number of carbonyl (C=O) groups is 2. The molecule has 1 saturated carbocycles. The van der Waals surface area contributed by atoms with Gasteiger partial charge in [0.1, 0.15) is 0 Å². The van der Waals surface area contributed by atoms with Crippen LogP contribution in [0.15, 0.2) is 0 Å². The van der Waals surface area contributed by atoms with Crippen LogP contribution in [0.2, 0.25) is 5.28 Å². The van der Waals surface area contributed by atoms with E-state index in [9.17, 15) is 14.8 Å². The van der Waals surface area contributed by atoms with Crippen molar-refractivity contribution in [3.8, 4) is 0 Å². The fraction of sp³-hybridized carbons (Fsp3) is 0.727. The largest absolute Gasteiger partial charge is 0.350 e. The Morgan fingerprint density at radius 3 is 2.65 bits per heavy atom. The molecule has 0 bridgehead atoms. The summed E-state index contributed by atoms with van der Waals surface area (Å²) < 4.78 is 15.4. The van der Waals surface area contributed by atoms with Gasteiger partial charge >= 0.3 is 0 Å². The summed E-state index contributed by atoms with van der Waals surface area (Å²) >= 11 is 6.12. The van der Waals surface area contributed by atoms with E-state index in [1.54, 1.807) is 0 Å². The number of carbonyl (C=O) groups excluding carboxylic acids is 2. The highest BCUT2D eigenvalue weighted by molar-refractivity contribution is 6.28. The third-order valence-electron chi connectivity index (χ3n) is 6.58. The summed E-state index contributed by atoms with van der Waals surface area (Å²) in [4.78, 5) is 35.8. The van der Waals surface area contributed by atoms with Crippen molar-refractivity contribution in [1.29, 1.82) is 0 Å². The number of likely N-dealkylation sites (N-methyl/N-ethyl adjacent to an activating group) is 1. The van der Waals surface area contributed by atoms with E-state index in [4.69, 9.17) is 11.6 Å². The van der Waals surface area contributed by atoms with Crippen molar-refractivity contribution in [2.75, 3.05) is 44.1 Å². The minimum Gasteiger partial charge on any atom is -0.350 e. The van der Waals surface area contributed by atoms with Gasteiger partial charge in [-0.1, -0.05) is 25.7 Å². The van der Waals surface area contributed by atoms with Crippen LogP contribution < -0.4 is 15.8 Å². The van der Waals surface area contributed by atoms with Crippen LogP contribution in [0.25, 0.3) is 0 Å². The quantitative estimate of drug-likeness (QED) is 0.184. The number of hydrogen-bond acceptors (Lipinski definition) is 8. The molecule has 12 heteroatoms. The molecule has 2 amide bonds. The van der Waals surface area contributed by atoms with Gasteiger partial charge in [-0.05, 0) is 57.3 Å². The molecule has 190 valence electrons. The van der Waals surface area contributed by atoms with Crippen LogP contribution in [0.3, 0.4) is 0 Å². The van der Waals surface area contributed by atoms with E-state index in [1.165, 1.54) is 0 Å². The van der Waals surface area contributed by atoms with Gasteiger partial charge in [-0.25, -0.2) is 5.06 Å². The average molecular weight is 500 g/mol. The highest BCUT2D eigenvalue weighted by atomic mass is 35.5. The van der Waals surface area contributed by atoms with Crippen LogP contribution in [-0.4, -0.2) is 77.2 Å². The number of hydroxylamine groups is 2. The van der Waals surface area contributed by atoms with Gasteiger partial charge in [-0.15, -0.1) is 0 Å². The smallest absolute Gasteiger partial charge is 0.243 e. The molecule has 2 aliphatic rings. The highest BCUT2D eigenvalue weighted by Crippen LogP contribution is 2.31. The predicted octanol–water partition coefficient (Wildman–Crippen LogP) is 2.68. The topological polar surface area (TPSA) is 114 Å². The Morgan fingerprint density at radius 2 is 1.97 bits per heavy atom. The maximum Gasteiger partial charge on any atom is 0.243 e. The molecule has 1 aromatic rings. The van der Waals surface area contributed by atoms with E-state index in [1.807, 2.05) is 19.0 Å². The molecule has 1 aliphatic heterocycles. The molecule has 1 aromatic heterocycles. The minimum atomic E-state index is -0.695. The van der Waals surface area contributed by atoms with E-state index in [-0.39, 0.29) is 35.9 Å². The normalized spacial score (nSPS) is 19.8. The first-order chi connectivity index (χ1) is 16.3. The fourth-order valence-electron chi connectivity index (χ4n) is 4.98. The van der Waals surface area contributed by atoms with Gasteiger partial charge in [0.25, 0.3) is 0 Å². The van der Waals surface area contributed by atoms with Crippen LogP contribution in [0, 0.1) is 17.7 Å². The zero-order valence-electron chi connectivity index (χ0n) is 19.8. The maximum absolute atomic E-state index is 15.4. The Labute approximate surface area is 204 Å². The summed E-state index contributed by atoms with van der Waals surface area (Å²) in [6.45, 7) is 1.25. The SMILES string of the molecule is CN(C)C[C@@H]1CCCCN1c1nc(Cl)nc(NNC(=O)[C@@H](CC2CCCC2)CN(O)C=O)c1F. The highest BCUT2D eigenvalue weighted by Gasteiger charge is 2.30. The standard InChI is InChI=1S/C22H35ClFN7O3/c1-29(2)13-17-9-5-6-10-31(17)20-18(24)19(25-22(23)26-20)27-28-21(33)16(12-30(34)14-32)11-15-7-3-4-8-15/h14-17,34H,3-13H2,1-2H3,(H,28,33)(H,25,26,27)/t16-,17-/m0/s1.